The van der Waals surface area contributed by atoms with Crippen LogP contribution in [0.2, 0.25) is 0 Å². The van der Waals surface area contributed by atoms with Crippen molar-refractivity contribution in [2.75, 3.05) is 0 Å². The Morgan fingerprint density at radius 3 is 1.80 bits per heavy atom. The number of hydrogen-bond donors (Lipinski definition) is 1. The van der Waals surface area contributed by atoms with Crippen LogP contribution in [0.15, 0.2) is 166 Å². The fraction of sp³-hybridized carbons (Fsp3) is 0.0244. The van der Waals surface area contributed by atoms with E-state index in [-0.39, 0.29) is 0 Å². The normalized spacial score (nSPS) is 13.7. The molecule has 1 aromatic heterocycles. The highest BCUT2D eigenvalue weighted by molar-refractivity contribution is 6.17. The molecular weight excluding hydrogens is 550 g/mol. The quantitative estimate of drug-likeness (QED) is 0.212. The Kier molecular flexibility index (Phi) is 5.85. The molecule has 0 saturated carbocycles. The van der Waals surface area contributed by atoms with Crippen LogP contribution in [-0.2, 0) is 0 Å². The number of aliphatic imine (C=N–C) groups is 2. The number of nitrogens with zero attached hydrogens (tertiary/aromatic N) is 2. The standard InChI is InChI=1S/C41H27N3O/c1-3-12-28(13-4-1)39-42-40(29-14-5-2-6-15-29)44-41(43-39)38-32(23-24-36-37(38)33-17-9-10-18-35(33)45-36)30-22-21-27-20-19-26-11-7-8-16-31(26)34(27)25-30/h1-25,41H,(H,42,43,44). The minimum Gasteiger partial charge on any atom is -0.456 e. The van der Waals surface area contributed by atoms with E-state index in [0.717, 1.165) is 61.4 Å². The summed E-state index contributed by atoms with van der Waals surface area (Å²) >= 11 is 0. The molecule has 212 valence electrons. The summed E-state index contributed by atoms with van der Waals surface area (Å²) in [6.07, 6.45) is -0.514. The van der Waals surface area contributed by atoms with Crippen molar-refractivity contribution in [2.45, 2.75) is 6.17 Å². The van der Waals surface area contributed by atoms with Gasteiger partial charge in [-0.05, 0) is 50.9 Å². The maximum Gasteiger partial charge on any atom is 0.171 e. The average Bonchev–Trinajstić information content (AvgIpc) is 3.50. The highest BCUT2D eigenvalue weighted by Gasteiger charge is 2.27. The van der Waals surface area contributed by atoms with Gasteiger partial charge in [-0.25, -0.2) is 9.98 Å². The van der Waals surface area contributed by atoms with Crippen molar-refractivity contribution < 1.29 is 4.42 Å². The topological polar surface area (TPSA) is 49.9 Å². The molecule has 1 aliphatic heterocycles. The molecule has 7 aromatic carbocycles. The first-order valence-electron chi connectivity index (χ1n) is 15.2. The van der Waals surface area contributed by atoms with Crippen molar-refractivity contribution in [3.8, 4) is 11.1 Å². The van der Waals surface area contributed by atoms with Crippen molar-refractivity contribution >= 4 is 55.2 Å². The second kappa shape index (κ2) is 10.3. The van der Waals surface area contributed by atoms with E-state index in [4.69, 9.17) is 14.4 Å². The Morgan fingerprint density at radius 1 is 0.467 bits per heavy atom. The lowest BCUT2D eigenvalue weighted by Gasteiger charge is -2.24. The zero-order valence-corrected chi connectivity index (χ0v) is 24.3. The number of furan rings is 1. The zero-order valence-electron chi connectivity index (χ0n) is 24.3. The van der Waals surface area contributed by atoms with Gasteiger partial charge >= 0.3 is 0 Å². The summed E-state index contributed by atoms with van der Waals surface area (Å²) in [5.74, 6) is 1.57. The van der Waals surface area contributed by atoms with Crippen LogP contribution in [0.3, 0.4) is 0 Å². The van der Waals surface area contributed by atoms with Gasteiger partial charge in [0.2, 0.25) is 0 Å². The zero-order chi connectivity index (χ0) is 29.7. The Labute approximate surface area is 260 Å². The van der Waals surface area contributed by atoms with Crippen LogP contribution in [-0.4, -0.2) is 11.7 Å². The lowest BCUT2D eigenvalue weighted by Crippen LogP contribution is -2.36. The first-order chi connectivity index (χ1) is 22.3. The van der Waals surface area contributed by atoms with E-state index in [0.29, 0.717) is 0 Å². The van der Waals surface area contributed by atoms with Crippen LogP contribution in [0.1, 0.15) is 22.9 Å². The molecule has 0 radical (unpaired) electrons. The fourth-order valence-corrected chi connectivity index (χ4v) is 6.60. The highest BCUT2D eigenvalue weighted by atomic mass is 16.3. The molecule has 1 aliphatic rings. The first kappa shape index (κ1) is 25.5. The van der Waals surface area contributed by atoms with Crippen LogP contribution in [0, 0.1) is 0 Å². The van der Waals surface area contributed by atoms with Gasteiger partial charge in [0, 0.05) is 27.5 Å². The summed E-state index contributed by atoms with van der Waals surface area (Å²) in [4.78, 5) is 10.6. The Bertz CT molecular complexity index is 2400. The molecule has 0 amide bonds. The summed E-state index contributed by atoms with van der Waals surface area (Å²) in [6.45, 7) is 0. The molecule has 0 fully saturated rings. The van der Waals surface area contributed by atoms with Crippen LogP contribution < -0.4 is 5.32 Å². The van der Waals surface area contributed by atoms with Gasteiger partial charge < -0.3 is 9.73 Å². The second-order valence-electron chi connectivity index (χ2n) is 11.4. The summed E-state index contributed by atoms with van der Waals surface area (Å²) in [7, 11) is 0. The summed E-state index contributed by atoms with van der Waals surface area (Å²) in [5.41, 5.74) is 6.93. The summed E-state index contributed by atoms with van der Waals surface area (Å²) in [5, 5.41) is 10.5. The molecule has 4 heteroatoms. The number of hydrogen-bond acceptors (Lipinski definition) is 4. The van der Waals surface area contributed by atoms with E-state index >= 15 is 0 Å². The molecule has 1 N–H and O–H groups in total. The number of amidine groups is 2. The van der Waals surface area contributed by atoms with Gasteiger partial charge in [-0.15, -0.1) is 0 Å². The van der Waals surface area contributed by atoms with Gasteiger partial charge in [0.1, 0.15) is 22.8 Å². The lowest BCUT2D eigenvalue weighted by molar-refractivity contribution is 0.667. The SMILES string of the molecule is c1ccc(C2=NC(c3c(-c4ccc5ccc6ccccc6c5c4)ccc4oc5ccccc5c34)N=C(c3ccccc3)N2)cc1. The molecule has 0 unspecified atom stereocenters. The minimum atomic E-state index is -0.514. The molecule has 0 aliphatic carbocycles. The maximum absolute atomic E-state index is 6.41. The van der Waals surface area contributed by atoms with Gasteiger partial charge in [0.15, 0.2) is 6.17 Å². The summed E-state index contributed by atoms with van der Waals surface area (Å²) in [6, 6.07) is 52.8. The number of nitrogens with one attached hydrogen (secondary N) is 1. The molecule has 8 aromatic rings. The molecular formula is C41H27N3O. The van der Waals surface area contributed by atoms with Gasteiger partial charge in [-0.3, -0.25) is 0 Å². The van der Waals surface area contributed by atoms with Crippen LogP contribution in [0.5, 0.6) is 0 Å². The molecule has 0 atom stereocenters. The molecule has 0 spiro atoms. The van der Waals surface area contributed by atoms with Crippen molar-refractivity contribution in [2.24, 2.45) is 9.98 Å². The Balaban J connectivity index is 1.35. The van der Waals surface area contributed by atoms with Crippen molar-refractivity contribution in [3.05, 3.63) is 168 Å². The van der Waals surface area contributed by atoms with E-state index in [1.807, 2.05) is 48.5 Å². The third-order valence-corrected chi connectivity index (χ3v) is 8.73. The number of rotatable bonds is 4. The lowest BCUT2D eigenvalue weighted by atomic mass is 9.91. The van der Waals surface area contributed by atoms with Crippen molar-refractivity contribution in [1.29, 1.82) is 0 Å². The van der Waals surface area contributed by atoms with Crippen LogP contribution in [0.4, 0.5) is 0 Å². The van der Waals surface area contributed by atoms with Gasteiger partial charge in [-0.2, -0.15) is 0 Å². The Morgan fingerprint density at radius 2 is 1.07 bits per heavy atom. The second-order valence-corrected chi connectivity index (χ2v) is 11.4. The van der Waals surface area contributed by atoms with Gasteiger partial charge in [0.05, 0.1) is 0 Å². The molecule has 9 rings (SSSR count). The number of benzene rings is 7. The third kappa shape index (κ3) is 4.30. The number of fused-ring (bicyclic) bond motifs is 6. The van der Waals surface area contributed by atoms with E-state index in [9.17, 15) is 0 Å². The van der Waals surface area contributed by atoms with Crippen LogP contribution >= 0.6 is 0 Å². The minimum absolute atomic E-state index is 0.514. The average molecular weight is 578 g/mol. The summed E-state index contributed by atoms with van der Waals surface area (Å²) < 4.78 is 6.41. The predicted octanol–water partition coefficient (Wildman–Crippen LogP) is 10.1. The van der Waals surface area contributed by atoms with Gasteiger partial charge in [0.25, 0.3) is 0 Å². The third-order valence-electron chi connectivity index (χ3n) is 8.73. The van der Waals surface area contributed by atoms with Crippen molar-refractivity contribution in [1.82, 2.24) is 5.32 Å². The Hall–Kier alpha value is -6.00. The first-order valence-corrected chi connectivity index (χ1v) is 15.2. The predicted molar refractivity (Wildman–Crippen MR) is 186 cm³/mol. The van der Waals surface area contributed by atoms with Gasteiger partial charge in [-0.1, -0.05) is 133 Å². The molecule has 45 heavy (non-hydrogen) atoms. The number of para-hydroxylation sites is 1. The highest BCUT2D eigenvalue weighted by Crippen LogP contribution is 2.43. The molecule has 0 saturated heterocycles. The smallest absolute Gasteiger partial charge is 0.171 e. The molecule has 0 bridgehead atoms. The van der Waals surface area contributed by atoms with E-state index < -0.39 is 6.17 Å². The fourth-order valence-electron chi connectivity index (χ4n) is 6.60. The van der Waals surface area contributed by atoms with Crippen LogP contribution in [0.25, 0.3) is 54.6 Å². The van der Waals surface area contributed by atoms with E-state index in [1.54, 1.807) is 0 Å². The monoisotopic (exact) mass is 577 g/mol. The van der Waals surface area contributed by atoms with Crippen molar-refractivity contribution in [3.63, 3.8) is 0 Å². The molecule has 4 nitrogen and oxygen atoms in total. The maximum atomic E-state index is 6.41. The molecule has 2 heterocycles. The van der Waals surface area contributed by atoms with E-state index in [1.165, 1.54) is 21.5 Å². The largest absolute Gasteiger partial charge is 0.456 e. The van der Waals surface area contributed by atoms with E-state index in [2.05, 4.69) is 108 Å².